The van der Waals surface area contributed by atoms with Crippen molar-refractivity contribution >= 4 is 11.6 Å². The average molecular weight is 250 g/mol. The SMILES string of the molecule is CCOc1cccc(N)c1C(=O)N(C)CC(C)C. The Morgan fingerprint density at radius 1 is 1.44 bits per heavy atom. The van der Waals surface area contributed by atoms with E-state index in [0.717, 1.165) is 0 Å². The Labute approximate surface area is 109 Å². The van der Waals surface area contributed by atoms with Gasteiger partial charge in [0.25, 0.3) is 5.91 Å². The molecule has 0 heterocycles. The van der Waals surface area contributed by atoms with E-state index in [0.29, 0.717) is 36.1 Å². The third-order valence-electron chi connectivity index (χ3n) is 2.56. The number of rotatable bonds is 5. The van der Waals surface area contributed by atoms with Gasteiger partial charge in [-0.1, -0.05) is 19.9 Å². The number of hydrogen-bond acceptors (Lipinski definition) is 3. The molecule has 4 nitrogen and oxygen atoms in total. The molecule has 0 saturated heterocycles. The lowest BCUT2D eigenvalue weighted by atomic mass is 10.1. The van der Waals surface area contributed by atoms with Crippen molar-refractivity contribution in [3.8, 4) is 5.75 Å². The molecule has 0 radical (unpaired) electrons. The molecule has 0 spiro atoms. The molecule has 0 aliphatic rings. The van der Waals surface area contributed by atoms with Crippen LogP contribution in [-0.2, 0) is 0 Å². The first-order chi connectivity index (χ1) is 8.47. The monoisotopic (exact) mass is 250 g/mol. The van der Waals surface area contributed by atoms with E-state index in [9.17, 15) is 4.79 Å². The van der Waals surface area contributed by atoms with Gasteiger partial charge in [-0.05, 0) is 25.0 Å². The van der Waals surface area contributed by atoms with Gasteiger partial charge in [0.1, 0.15) is 11.3 Å². The summed E-state index contributed by atoms with van der Waals surface area (Å²) in [6, 6.07) is 5.29. The number of benzene rings is 1. The summed E-state index contributed by atoms with van der Waals surface area (Å²) in [5.41, 5.74) is 6.81. The Kier molecular flexibility index (Phi) is 5.01. The van der Waals surface area contributed by atoms with Crippen LogP contribution in [0.3, 0.4) is 0 Å². The van der Waals surface area contributed by atoms with Crippen LogP contribution >= 0.6 is 0 Å². The Balaban J connectivity index is 3.03. The fraction of sp³-hybridized carbons (Fsp3) is 0.500. The number of anilines is 1. The van der Waals surface area contributed by atoms with Crippen molar-refractivity contribution < 1.29 is 9.53 Å². The minimum Gasteiger partial charge on any atom is -0.493 e. The Hall–Kier alpha value is -1.71. The standard InChI is InChI=1S/C14H22N2O2/c1-5-18-12-8-6-7-11(15)13(12)14(17)16(4)9-10(2)3/h6-8,10H,5,9,15H2,1-4H3. The van der Waals surface area contributed by atoms with Crippen LogP contribution in [0.5, 0.6) is 5.75 Å². The van der Waals surface area contributed by atoms with E-state index in [1.54, 1.807) is 30.1 Å². The molecule has 0 fully saturated rings. The summed E-state index contributed by atoms with van der Waals surface area (Å²) in [7, 11) is 1.78. The maximum Gasteiger partial charge on any atom is 0.259 e. The second kappa shape index (κ2) is 6.28. The first-order valence-electron chi connectivity index (χ1n) is 6.24. The Morgan fingerprint density at radius 3 is 2.67 bits per heavy atom. The summed E-state index contributed by atoms with van der Waals surface area (Å²) in [5.74, 6) is 0.878. The Morgan fingerprint density at radius 2 is 2.11 bits per heavy atom. The highest BCUT2D eigenvalue weighted by molar-refractivity contribution is 6.01. The molecule has 1 amide bonds. The maximum atomic E-state index is 12.4. The van der Waals surface area contributed by atoms with Crippen molar-refractivity contribution in [3.63, 3.8) is 0 Å². The van der Waals surface area contributed by atoms with Gasteiger partial charge in [0, 0.05) is 19.3 Å². The first kappa shape index (κ1) is 14.4. The summed E-state index contributed by atoms with van der Waals surface area (Å²) in [6.07, 6.45) is 0. The molecule has 4 heteroatoms. The van der Waals surface area contributed by atoms with Crippen LogP contribution in [0.1, 0.15) is 31.1 Å². The molecule has 1 rings (SSSR count). The maximum absolute atomic E-state index is 12.4. The van der Waals surface area contributed by atoms with Crippen LogP contribution in [-0.4, -0.2) is 31.0 Å². The number of amides is 1. The zero-order valence-corrected chi connectivity index (χ0v) is 11.6. The Bertz CT molecular complexity index is 416. The van der Waals surface area contributed by atoms with Gasteiger partial charge in [-0.15, -0.1) is 0 Å². The minimum absolute atomic E-state index is 0.0924. The van der Waals surface area contributed by atoms with E-state index < -0.39 is 0 Å². The number of nitrogen functional groups attached to an aromatic ring is 1. The molecule has 0 bridgehead atoms. The summed E-state index contributed by atoms with van der Waals surface area (Å²) >= 11 is 0. The van der Waals surface area contributed by atoms with Crippen molar-refractivity contribution in [3.05, 3.63) is 23.8 Å². The quantitative estimate of drug-likeness (QED) is 0.816. The molecular formula is C14H22N2O2. The molecule has 0 saturated carbocycles. The van der Waals surface area contributed by atoms with Crippen LogP contribution in [0.2, 0.25) is 0 Å². The van der Waals surface area contributed by atoms with Gasteiger partial charge in [0.05, 0.1) is 6.61 Å². The van der Waals surface area contributed by atoms with Crippen LogP contribution < -0.4 is 10.5 Å². The molecule has 0 aromatic heterocycles. The number of nitrogens with zero attached hydrogens (tertiary/aromatic N) is 1. The van der Waals surface area contributed by atoms with Crippen LogP contribution in [0, 0.1) is 5.92 Å². The van der Waals surface area contributed by atoms with Crippen LogP contribution in [0.25, 0.3) is 0 Å². The molecule has 0 aliphatic carbocycles. The van der Waals surface area contributed by atoms with Crippen molar-refractivity contribution in [1.29, 1.82) is 0 Å². The van der Waals surface area contributed by atoms with Crippen LogP contribution in [0.4, 0.5) is 5.69 Å². The second-order valence-corrected chi connectivity index (χ2v) is 4.73. The van der Waals surface area contributed by atoms with Gasteiger partial charge in [0.2, 0.25) is 0 Å². The number of carbonyl (C=O) groups is 1. The predicted octanol–water partition coefficient (Wildman–Crippen LogP) is 2.40. The number of ether oxygens (including phenoxy) is 1. The van der Waals surface area contributed by atoms with Crippen LogP contribution in [0.15, 0.2) is 18.2 Å². The summed E-state index contributed by atoms with van der Waals surface area (Å²) in [4.78, 5) is 14.0. The van der Waals surface area contributed by atoms with Gasteiger partial charge < -0.3 is 15.4 Å². The summed E-state index contributed by atoms with van der Waals surface area (Å²) < 4.78 is 5.47. The van der Waals surface area contributed by atoms with Crippen molar-refractivity contribution in [1.82, 2.24) is 4.90 Å². The normalized spacial score (nSPS) is 10.5. The largest absolute Gasteiger partial charge is 0.493 e. The third kappa shape index (κ3) is 3.39. The average Bonchev–Trinajstić information content (AvgIpc) is 2.28. The highest BCUT2D eigenvalue weighted by Crippen LogP contribution is 2.26. The predicted molar refractivity (Wildman–Crippen MR) is 73.8 cm³/mol. The van der Waals surface area contributed by atoms with Crippen molar-refractivity contribution in [2.24, 2.45) is 5.92 Å². The number of nitrogens with two attached hydrogens (primary N) is 1. The van der Waals surface area contributed by atoms with E-state index in [1.807, 2.05) is 6.92 Å². The fourth-order valence-electron chi connectivity index (χ4n) is 1.87. The van der Waals surface area contributed by atoms with Crippen molar-refractivity contribution in [2.45, 2.75) is 20.8 Å². The zero-order valence-electron chi connectivity index (χ0n) is 11.6. The molecule has 1 aromatic rings. The minimum atomic E-state index is -0.0924. The molecule has 0 unspecified atom stereocenters. The lowest BCUT2D eigenvalue weighted by molar-refractivity contribution is 0.0776. The third-order valence-corrected chi connectivity index (χ3v) is 2.56. The summed E-state index contributed by atoms with van der Waals surface area (Å²) in [5, 5.41) is 0. The smallest absolute Gasteiger partial charge is 0.259 e. The highest BCUT2D eigenvalue weighted by Gasteiger charge is 2.20. The second-order valence-electron chi connectivity index (χ2n) is 4.73. The molecule has 2 N–H and O–H groups in total. The lowest BCUT2D eigenvalue weighted by Gasteiger charge is -2.21. The van der Waals surface area contributed by atoms with Gasteiger partial charge in [0.15, 0.2) is 0 Å². The van der Waals surface area contributed by atoms with E-state index in [2.05, 4.69) is 13.8 Å². The van der Waals surface area contributed by atoms with Gasteiger partial charge in [-0.2, -0.15) is 0 Å². The zero-order chi connectivity index (χ0) is 13.7. The number of carbonyl (C=O) groups excluding carboxylic acids is 1. The fourth-order valence-corrected chi connectivity index (χ4v) is 1.87. The van der Waals surface area contributed by atoms with E-state index in [-0.39, 0.29) is 5.91 Å². The van der Waals surface area contributed by atoms with E-state index in [4.69, 9.17) is 10.5 Å². The molecule has 1 aromatic carbocycles. The van der Waals surface area contributed by atoms with E-state index in [1.165, 1.54) is 0 Å². The molecule has 0 aliphatic heterocycles. The molecule has 100 valence electrons. The van der Waals surface area contributed by atoms with Gasteiger partial charge in [-0.3, -0.25) is 4.79 Å². The molecule has 0 atom stereocenters. The molecular weight excluding hydrogens is 228 g/mol. The first-order valence-corrected chi connectivity index (χ1v) is 6.24. The van der Waals surface area contributed by atoms with Gasteiger partial charge in [-0.25, -0.2) is 0 Å². The lowest BCUT2D eigenvalue weighted by Crippen LogP contribution is -2.31. The van der Waals surface area contributed by atoms with Gasteiger partial charge >= 0.3 is 0 Å². The van der Waals surface area contributed by atoms with E-state index >= 15 is 0 Å². The summed E-state index contributed by atoms with van der Waals surface area (Å²) in [6.45, 7) is 7.23. The topological polar surface area (TPSA) is 55.6 Å². The van der Waals surface area contributed by atoms with Crippen molar-refractivity contribution in [2.75, 3.05) is 25.9 Å². The highest BCUT2D eigenvalue weighted by atomic mass is 16.5. The molecule has 18 heavy (non-hydrogen) atoms. The number of hydrogen-bond donors (Lipinski definition) is 1.